The summed E-state index contributed by atoms with van der Waals surface area (Å²) in [5.74, 6) is -0.715. The molecule has 0 aliphatic carbocycles. The summed E-state index contributed by atoms with van der Waals surface area (Å²) in [6.45, 7) is 5.62. The Balaban J connectivity index is 2.28. The number of esters is 1. The van der Waals surface area contributed by atoms with E-state index in [0.717, 1.165) is 0 Å². The highest BCUT2D eigenvalue weighted by Crippen LogP contribution is 2.20. The largest absolute Gasteiger partial charge is 0.458 e. The van der Waals surface area contributed by atoms with Gasteiger partial charge in [0.05, 0.1) is 16.5 Å². The molecule has 0 aromatic heterocycles. The van der Waals surface area contributed by atoms with Gasteiger partial charge in [-0.05, 0) is 32.9 Å². The van der Waals surface area contributed by atoms with Crippen molar-refractivity contribution in [2.75, 3.05) is 25.6 Å². The third-order valence-corrected chi connectivity index (χ3v) is 4.58. The Morgan fingerprint density at radius 1 is 1.26 bits per heavy atom. The molecule has 0 radical (unpaired) electrons. The zero-order valence-corrected chi connectivity index (χ0v) is 15.0. The molecule has 23 heavy (non-hydrogen) atoms. The summed E-state index contributed by atoms with van der Waals surface area (Å²) in [6, 6.07) is 6.26. The van der Waals surface area contributed by atoms with Crippen LogP contribution in [0.5, 0.6) is 0 Å². The molecule has 1 N–H and O–H groups in total. The maximum Gasteiger partial charge on any atom is 0.332 e. The predicted octanol–water partition coefficient (Wildman–Crippen LogP) is 2.02. The van der Waals surface area contributed by atoms with Crippen molar-refractivity contribution in [3.63, 3.8) is 0 Å². The zero-order valence-electron chi connectivity index (χ0n) is 13.5. The summed E-state index contributed by atoms with van der Waals surface area (Å²) in [5.41, 5.74) is -0.554. The van der Waals surface area contributed by atoms with Crippen LogP contribution in [0.3, 0.4) is 0 Å². The van der Waals surface area contributed by atoms with Crippen molar-refractivity contribution in [3.05, 3.63) is 29.3 Å². The van der Waals surface area contributed by atoms with Gasteiger partial charge in [0, 0.05) is 6.54 Å². The van der Waals surface area contributed by atoms with Gasteiger partial charge in [-0.25, -0.2) is 13.2 Å². The average molecular weight is 364 g/mol. The molecule has 1 aromatic carbocycles. The zero-order chi connectivity index (χ0) is 17.5. The second-order valence-electron chi connectivity index (χ2n) is 5.83. The molecule has 1 aromatic rings. The standard InChI is InChI=1S/C15H22ClNO5S/c1-15(2,3)22-14(18)10-21-9-8-17-11-23(19,20)13-7-5-4-6-12(13)16/h4-7,17H,8-11H2,1-3H3. The number of sulfone groups is 1. The number of halogens is 1. The molecule has 0 aliphatic rings. The fourth-order valence-electron chi connectivity index (χ4n) is 1.65. The summed E-state index contributed by atoms with van der Waals surface area (Å²) >= 11 is 5.88. The molecule has 1 rings (SSSR count). The van der Waals surface area contributed by atoms with Crippen LogP contribution in [-0.2, 0) is 24.1 Å². The number of rotatable bonds is 8. The van der Waals surface area contributed by atoms with Crippen LogP contribution in [0, 0.1) is 0 Å². The first-order valence-corrected chi connectivity index (χ1v) is 9.12. The van der Waals surface area contributed by atoms with Crippen molar-refractivity contribution in [2.24, 2.45) is 0 Å². The van der Waals surface area contributed by atoms with E-state index in [1.54, 1.807) is 32.9 Å². The Kier molecular flexibility index (Phi) is 7.47. The Morgan fingerprint density at radius 2 is 1.91 bits per heavy atom. The molecule has 0 unspecified atom stereocenters. The van der Waals surface area contributed by atoms with Crippen LogP contribution in [0.2, 0.25) is 5.02 Å². The molecule has 0 fully saturated rings. The van der Waals surface area contributed by atoms with E-state index in [2.05, 4.69) is 5.32 Å². The highest BCUT2D eigenvalue weighted by atomic mass is 35.5. The van der Waals surface area contributed by atoms with Gasteiger partial charge >= 0.3 is 5.97 Å². The van der Waals surface area contributed by atoms with Crippen LogP contribution in [0.25, 0.3) is 0 Å². The van der Waals surface area contributed by atoms with Gasteiger partial charge in [0.1, 0.15) is 18.1 Å². The number of hydrogen-bond donors (Lipinski definition) is 1. The van der Waals surface area contributed by atoms with Crippen molar-refractivity contribution in [1.29, 1.82) is 0 Å². The molecule has 6 nitrogen and oxygen atoms in total. The first-order valence-electron chi connectivity index (χ1n) is 7.09. The molecule has 0 bridgehead atoms. The molecule has 8 heteroatoms. The van der Waals surface area contributed by atoms with E-state index in [1.807, 2.05) is 0 Å². The minimum atomic E-state index is -3.51. The Bertz CT molecular complexity index is 625. The number of carbonyl (C=O) groups excluding carboxylic acids is 1. The SMILES string of the molecule is CC(C)(C)OC(=O)COCCNCS(=O)(=O)c1ccccc1Cl. The molecule has 0 aliphatic heterocycles. The smallest absolute Gasteiger partial charge is 0.332 e. The van der Waals surface area contributed by atoms with Crippen LogP contribution in [0.1, 0.15) is 20.8 Å². The summed E-state index contributed by atoms with van der Waals surface area (Å²) in [6.07, 6.45) is 0. The van der Waals surface area contributed by atoms with E-state index in [1.165, 1.54) is 12.1 Å². The van der Waals surface area contributed by atoms with E-state index in [4.69, 9.17) is 21.1 Å². The molecule has 0 saturated heterocycles. The fraction of sp³-hybridized carbons (Fsp3) is 0.533. The van der Waals surface area contributed by atoms with E-state index >= 15 is 0 Å². The van der Waals surface area contributed by atoms with Crippen molar-refractivity contribution in [3.8, 4) is 0 Å². The minimum absolute atomic E-state index is 0.0869. The molecule has 0 amide bonds. The Morgan fingerprint density at radius 3 is 2.52 bits per heavy atom. The quantitative estimate of drug-likeness (QED) is 0.562. The van der Waals surface area contributed by atoms with Gasteiger partial charge in [0.2, 0.25) is 0 Å². The topological polar surface area (TPSA) is 81.7 Å². The second kappa shape index (κ2) is 8.63. The maximum atomic E-state index is 12.1. The molecule has 0 heterocycles. The van der Waals surface area contributed by atoms with E-state index in [0.29, 0.717) is 0 Å². The van der Waals surface area contributed by atoms with Gasteiger partial charge in [-0.2, -0.15) is 0 Å². The Labute approximate surface area is 142 Å². The lowest BCUT2D eigenvalue weighted by Crippen LogP contribution is -2.29. The van der Waals surface area contributed by atoms with E-state index in [9.17, 15) is 13.2 Å². The first kappa shape index (κ1) is 19.9. The highest BCUT2D eigenvalue weighted by molar-refractivity contribution is 7.91. The highest BCUT2D eigenvalue weighted by Gasteiger charge is 2.17. The van der Waals surface area contributed by atoms with Crippen molar-refractivity contribution in [2.45, 2.75) is 31.3 Å². The second-order valence-corrected chi connectivity index (χ2v) is 8.19. The molecule has 0 saturated carbocycles. The lowest BCUT2D eigenvalue weighted by molar-refractivity contribution is -0.160. The Hall–Kier alpha value is -1.15. The van der Waals surface area contributed by atoms with Crippen molar-refractivity contribution >= 4 is 27.4 Å². The minimum Gasteiger partial charge on any atom is -0.458 e. The first-order chi connectivity index (χ1) is 10.6. The lowest BCUT2D eigenvalue weighted by atomic mass is 10.2. The van der Waals surface area contributed by atoms with Gasteiger partial charge in [-0.15, -0.1) is 0 Å². The van der Waals surface area contributed by atoms with Gasteiger partial charge in [0.25, 0.3) is 0 Å². The maximum absolute atomic E-state index is 12.1. The number of carbonyl (C=O) groups is 1. The van der Waals surface area contributed by atoms with Crippen LogP contribution in [0.15, 0.2) is 29.2 Å². The summed E-state index contributed by atoms with van der Waals surface area (Å²) in [4.78, 5) is 11.5. The van der Waals surface area contributed by atoms with Crippen molar-refractivity contribution < 1.29 is 22.7 Å². The van der Waals surface area contributed by atoms with Crippen LogP contribution in [0.4, 0.5) is 0 Å². The summed E-state index contributed by atoms with van der Waals surface area (Å²) in [5, 5.41) is 2.94. The predicted molar refractivity (Wildman–Crippen MR) is 88.2 cm³/mol. The number of nitrogens with one attached hydrogen (secondary N) is 1. The van der Waals surface area contributed by atoms with E-state index < -0.39 is 21.4 Å². The van der Waals surface area contributed by atoms with E-state index in [-0.39, 0.29) is 35.6 Å². The third kappa shape index (κ3) is 7.78. The molecule has 130 valence electrons. The third-order valence-electron chi connectivity index (χ3n) is 2.53. The molecule has 0 atom stereocenters. The monoisotopic (exact) mass is 363 g/mol. The fourth-order valence-corrected chi connectivity index (χ4v) is 3.36. The van der Waals surface area contributed by atoms with Crippen LogP contribution in [-0.4, -0.2) is 45.6 Å². The average Bonchev–Trinajstić information content (AvgIpc) is 2.41. The van der Waals surface area contributed by atoms with Crippen molar-refractivity contribution in [1.82, 2.24) is 5.32 Å². The van der Waals surface area contributed by atoms with Gasteiger partial charge in [-0.3, -0.25) is 0 Å². The summed E-state index contributed by atoms with van der Waals surface area (Å²) < 4.78 is 34.4. The number of benzene rings is 1. The van der Waals surface area contributed by atoms with Gasteiger partial charge < -0.3 is 14.8 Å². The lowest BCUT2D eigenvalue weighted by Gasteiger charge is -2.19. The number of ether oxygens (including phenoxy) is 2. The van der Waals surface area contributed by atoms with Gasteiger partial charge in [-0.1, -0.05) is 23.7 Å². The molecule has 0 spiro atoms. The molecular weight excluding hydrogens is 342 g/mol. The normalized spacial score (nSPS) is 12.2. The van der Waals surface area contributed by atoms with Gasteiger partial charge in [0.15, 0.2) is 9.84 Å². The van der Waals surface area contributed by atoms with Crippen LogP contribution >= 0.6 is 11.6 Å². The van der Waals surface area contributed by atoms with Crippen LogP contribution < -0.4 is 5.32 Å². The summed E-state index contributed by atoms with van der Waals surface area (Å²) in [7, 11) is -3.51. The number of hydrogen-bond acceptors (Lipinski definition) is 6. The molecular formula is C15H22ClNO5S.